The van der Waals surface area contributed by atoms with Gasteiger partial charge in [-0.25, -0.2) is 4.79 Å². The molecule has 0 radical (unpaired) electrons. The summed E-state index contributed by atoms with van der Waals surface area (Å²) in [5.41, 5.74) is 3.32. The maximum Gasteiger partial charge on any atom is 0.338 e. The van der Waals surface area contributed by atoms with E-state index in [-0.39, 0.29) is 5.89 Å². The number of aromatic nitrogens is 2. The highest BCUT2D eigenvalue weighted by molar-refractivity contribution is 5.90. The number of carbonyl (C=O) groups is 1. The van der Waals surface area contributed by atoms with Gasteiger partial charge in [0, 0.05) is 5.56 Å². The summed E-state index contributed by atoms with van der Waals surface area (Å²) in [5.74, 6) is 0.864. The Balaban J connectivity index is 1.43. The summed E-state index contributed by atoms with van der Waals surface area (Å²) in [6.45, 7) is 1.70. The molecule has 0 fully saturated rings. The quantitative estimate of drug-likeness (QED) is 0.407. The molecule has 0 bridgehead atoms. The Kier molecular flexibility index (Phi) is 5.57. The number of hydrogen-bond acceptors (Lipinski definition) is 6. The number of esters is 1. The van der Waals surface area contributed by atoms with Gasteiger partial charge < -0.3 is 13.9 Å². The van der Waals surface area contributed by atoms with Crippen molar-refractivity contribution in [3.63, 3.8) is 0 Å². The summed E-state index contributed by atoms with van der Waals surface area (Å²) < 4.78 is 16.3. The highest BCUT2D eigenvalue weighted by Crippen LogP contribution is 2.25. The zero-order valence-corrected chi connectivity index (χ0v) is 16.6. The van der Waals surface area contributed by atoms with Gasteiger partial charge in [-0.3, -0.25) is 0 Å². The van der Waals surface area contributed by atoms with Crippen LogP contribution in [0.2, 0.25) is 0 Å². The third kappa shape index (κ3) is 4.22. The van der Waals surface area contributed by atoms with Gasteiger partial charge in [-0.05, 0) is 54.4 Å². The van der Waals surface area contributed by atoms with E-state index in [1.165, 1.54) is 0 Å². The first-order valence-corrected chi connectivity index (χ1v) is 9.48. The van der Waals surface area contributed by atoms with Crippen molar-refractivity contribution in [2.75, 3.05) is 7.11 Å². The first-order chi connectivity index (χ1) is 14.6. The van der Waals surface area contributed by atoms with Gasteiger partial charge in [0.15, 0.2) is 6.10 Å². The predicted molar refractivity (Wildman–Crippen MR) is 112 cm³/mol. The van der Waals surface area contributed by atoms with Crippen molar-refractivity contribution in [2.45, 2.75) is 13.0 Å². The van der Waals surface area contributed by atoms with Crippen molar-refractivity contribution in [2.24, 2.45) is 0 Å². The van der Waals surface area contributed by atoms with Crippen molar-refractivity contribution < 1.29 is 18.7 Å². The fourth-order valence-corrected chi connectivity index (χ4v) is 2.96. The molecule has 0 aliphatic carbocycles. The molecule has 6 nitrogen and oxygen atoms in total. The van der Waals surface area contributed by atoms with Crippen LogP contribution in [-0.2, 0) is 4.74 Å². The number of rotatable bonds is 6. The van der Waals surface area contributed by atoms with E-state index in [2.05, 4.69) is 10.2 Å². The molecule has 0 N–H and O–H groups in total. The Morgan fingerprint density at radius 1 is 0.833 bits per heavy atom. The second kappa shape index (κ2) is 8.61. The third-order valence-electron chi connectivity index (χ3n) is 4.64. The largest absolute Gasteiger partial charge is 0.497 e. The van der Waals surface area contributed by atoms with Gasteiger partial charge in [-0.15, -0.1) is 10.2 Å². The molecule has 0 aliphatic rings. The molecule has 0 spiro atoms. The summed E-state index contributed by atoms with van der Waals surface area (Å²) in [7, 11) is 1.60. The van der Waals surface area contributed by atoms with E-state index < -0.39 is 12.1 Å². The van der Waals surface area contributed by atoms with Gasteiger partial charge in [0.2, 0.25) is 5.89 Å². The predicted octanol–water partition coefficient (Wildman–Crippen LogP) is 5.33. The summed E-state index contributed by atoms with van der Waals surface area (Å²) in [6, 6.07) is 24.5. The molecule has 4 rings (SSSR count). The van der Waals surface area contributed by atoms with Gasteiger partial charge in [0.25, 0.3) is 5.89 Å². The lowest BCUT2D eigenvalue weighted by Crippen LogP contribution is -2.09. The third-order valence-corrected chi connectivity index (χ3v) is 4.64. The van der Waals surface area contributed by atoms with E-state index >= 15 is 0 Å². The lowest BCUT2D eigenvalue weighted by Gasteiger charge is -2.10. The van der Waals surface area contributed by atoms with E-state index in [0.29, 0.717) is 11.5 Å². The Labute approximate surface area is 174 Å². The summed E-state index contributed by atoms with van der Waals surface area (Å²) in [4.78, 5) is 12.5. The fraction of sp³-hybridized carbons (Fsp3) is 0.125. The molecule has 30 heavy (non-hydrogen) atoms. The van der Waals surface area contributed by atoms with Crippen molar-refractivity contribution in [1.29, 1.82) is 0 Å². The van der Waals surface area contributed by atoms with Crippen molar-refractivity contribution in [1.82, 2.24) is 10.2 Å². The number of nitrogens with zero attached hydrogens (tertiary/aromatic N) is 2. The summed E-state index contributed by atoms with van der Waals surface area (Å²) >= 11 is 0. The van der Waals surface area contributed by atoms with Gasteiger partial charge in [0.1, 0.15) is 5.75 Å². The molecule has 0 saturated heterocycles. The van der Waals surface area contributed by atoms with Gasteiger partial charge in [-0.1, -0.05) is 42.5 Å². The smallest absolute Gasteiger partial charge is 0.338 e. The van der Waals surface area contributed by atoms with E-state index in [9.17, 15) is 4.79 Å². The molecule has 1 aromatic heterocycles. The topological polar surface area (TPSA) is 74.5 Å². The second-order valence-electron chi connectivity index (χ2n) is 6.66. The van der Waals surface area contributed by atoms with Crippen LogP contribution >= 0.6 is 0 Å². The molecule has 6 heteroatoms. The minimum atomic E-state index is -0.675. The average Bonchev–Trinajstić information content (AvgIpc) is 3.30. The Bertz CT molecular complexity index is 1120. The Morgan fingerprint density at radius 3 is 2.13 bits per heavy atom. The summed E-state index contributed by atoms with van der Waals surface area (Å²) in [6.07, 6.45) is -0.675. The Hall–Kier alpha value is -3.93. The second-order valence-corrected chi connectivity index (χ2v) is 6.66. The lowest BCUT2D eigenvalue weighted by atomic mass is 10.0. The minimum absolute atomic E-state index is 0.232. The van der Waals surface area contributed by atoms with Crippen LogP contribution in [0.1, 0.15) is 29.3 Å². The zero-order chi connectivity index (χ0) is 20.9. The van der Waals surface area contributed by atoms with Crippen LogP contribution < -0.4 is 4.74 Å². The highest BCUT2D eigenvalue weighted by Gasteiger charge is 2.20. The van der Waals surface area contributed by atoms with E-state index in [4.69, 9.17) is 13.9 Å². The summed E-state index contributed by atoms with van der Waals surface area (Å²) in [5, 5.41) is 8.05. The molecule has 3 aromatic carbocycles. The SMILES string of the molecule is COc1ccc(-c2nnc([C@@H](C)OC(=O)c3ccc(-c4ccccc4)cc3)o2)cc1. The van der Waals surface area contributed by atoms with Gasteiger partial charge in [0.05, 0.1) is 12.7 Å². The maximum absolute atomic E-state index is 12.5. The van der Waals surface area contributed by atoms with Crippen LogP contribution in [-0.4, -0.2) is 23.3 Å². The van der Waals surface area contributed by atoms with Crippen LogP contribution in [0, 0.1) is 0 Å². The number of benzene rings is 3. The van der Waals surface area contributed by atoms with Crippen LogP contribution in [0.3, 0.4) is 0 Å². The van der Waals surface area contributed by atoms with Crippen molar-refractivity contribution >= 4 is 5.97 Å². The van der Waals surface area contributed by atoms with Crippen LogP contribution in [0.15, 0.2) is 83.3 Å². The van der Waals surface area contributed by atoms with Crippen LogP contribution in [0.5, 0.6) is 5.75 Å². The van der Waals surface area contributed by atoms with E-state index in [1.807, 2.05) is 66.7 Å². The van der Waals surface area contributed by atoms with Crippen molar-refractivity contribution in [3.8, 4) is 28.3 Å². The molecule has 0 amide bonds. The average molecular weight is 400 g/mol. The first-order valence-electron chi connectivity index (χ1n) is 9.48. The molecule has 1 heterocycles. The number of hydrogen-bond donors (Lipinski definition) is 0. The molecule has 150 valence electrons. The standard InChI is InChI=1S/C24H20N2O4/c1-16(22-25-26-23(30-22)19-12-14-21(28-2)15-13-19)29-24(27)20-10-8-18(9-11-20)17-6-4-3-5-7-17/h3-16H,1-2H3/t16-/m1/s1. The number of methoxy groups -OCH3 is 1. The van der Waals surface area contributed by atoms with Gasteiger partial charge in [-0.2, -0.15) is 0 Å². The van der Waals surface area contributed by atoms with Gasteiger partial charge >= 0.3 is 5.97 Å². The Morgan fingerprint density at radius 2 is 1.47 bits per heavy atom. The lowest BCUT2D eigenvalue weighted by molar-refractivity contribution is 0.0280. The van der Waals surface area contributed by atoms with Crippen molar-refractivity contribution in [3.05, 3.63) is 90.3 Å². The molecule has 0 saturated carbocycles. The fourth-order valence-electron chi connectivity index (χ4n) is 2.96. The molecule has 0 aliphatic heterocycles. The number of carbonyl (C=O) groups excluding carboxylic acids is 1. The van der Waals surface area contributed by atoms with Crippen LogP contribution in [0.4, 0.5) is 0 Å². The van der Waals surface area contributed by atoms with E-state index in [1.54, 1.807) is 26.2 Å². The first kappa shape index (κ1) is 19.4. The van der Waals surface area contributed by atoms with E-state index in [0.717, 1.165) is 22.4 Å². The number of ether oxygens (including phenoxy) is 2. The minimum Gasteiger partial charge on any atom is -0.497 e. The monoisotopic (exact) mass is 400 g/mol. The maximum atomic E-state index is 12.5. The zero-order valence-electron chi connectivity index (χ0n) is 16.6. The highest BCUT2D eigenvalue weighted by atomic mass is 16.6. The molecular formula is C24H20N2O4. The molecular weight excluding hydrogens is 380 g/mol. The van der Waals surface area contributed by atoms with Crippen LogP contribution in [0.25, 0.3) is 22.6 Å². The molecule has 4 aromatic rings. The molecule has 0 unspecified atom stereocenters. The molecule has 1 atom stereocenters. The normalized spacial score (nSPS) is 11.7.